The Morgan fingerprint density at radius 3 is 2.83 bits per heavy atom. The highest BCUT2D eigenvalue weighted by Crippen LogP contribution is 2.31. The van der Waals surface area contributed by atoms with Gasteiger partial charge in [-0.1, -0.05) is 11.6 Å². The molecule has 2 N–H and O–H groups in total. The molecule has 0 fully saturated rings. The first-order valence-corrected chi connectivity index (χ1v) is 5.81. The molecule has 0 aliphatic rings. The van der Waals surface area contributed by atoms with Crippen LogP contribution in [0.25, 0.3) is 22.7 Å². The number of fused-ring (bicyclic) bond motifs is 1. The largest absolute Gasteiger partial charge is 0.434 e. The summed E-state index contributed by atoms with van der Waals surface area (Å²) in [6.45, 7) is 1.90. The second-order valence-corrected chi connectivity index (χ2v) is 4.44. The van der Waals surface area contributed by atoms with Crippen molar-refractivity contribution in [2.24, 2.45) is 0 Å². The minimum absolute atomic E-state index is 0.431. The van der Waals surface area contributed by atoms with Crippen molar-refractivity contribution in [2.75, 3.05) is 5.73 Å². The molecule has 90 valence electrons. The van der Waals surface area contributed by atoms with E-state index in [1.165, 1.54) is 0 Å². The van der Waals surface area contributed by atoms with Gasteiger partial charge in [0.05, 0.1) is 10.6 Å². The summed E-state index contributed by atoms with van der Waals surface area (Å²) in [5.74, 6) is 0.431. The third-order valence-electron chi connectivity index (χ3n) is 2.61. The van der Waals surface area contributed by atoms with Gasteiger partial charge in [0.1, 0.15) is 0 Å². The normalized spacial score (nSPS) is 11.0. The van der Waals surface area contributed by atoms with Gasteiger partial charge < -0.3 is 10.2 Å². The van der Waals surface area contributed by atoms with Crippen molar-refractivity contribution in [3.05, 3.63) is 41.0 Å². The molecular weight excluding hydrogens is 250 g/mol. The van der Waals surface area contributed by atoms with Crippen LogP contribution in [0.1, 0.15) is 5.69 Å². The quantitative estimate of drug-likeness (QED) is 0.680. The number of oxazole rings is 1. The van der Waals surface area contributed by atoms with Gasteiger partial charge >= 0.3 is 0 Å². The van der Waals surface area contributed by atoms with E-state index >= 15 is 0 Å². The molecule has 0 aliphatic heterocycles. The lowest BCUT2D eigenvalue weighted by Gasteiger charge is -2.00. The topological polar surface area (TPSA) is 64.9 Å². The van der Waals surface area contributed by atoms with Gasteiger partial charge in [0.2, 0.25) is 5.89 Å². The van der Waals surface area contributed by atoms with Crippen molar-refractivity contribution >= 4 is 28.5 Å². The zero-order chi connectivity index (χ0) is 12.7. The van der Waals surface area contributed by atoms with Gasteiger partial charge in [-0.3, -0.25) is 0 Å². The van der Waals surface area contributed by atoms with Crippen molar-refractivity contribution in [3.63, 3.8) is 0 Å². The standard InChI is InChI=1S/C13H10ClN3O/c1-7-2-5-11-12(16-7)17-13(18-11)9-6-8(15)3-4-10(9)14/h2-6H,15H2,1H3. The molecule has 3 aromatic rings. The number of nitrogens with zero attached hydrogens (tertiary/aromatic N) is 2. The van der Waals surface area contributed by atoms with Crippen LogP contribution in [0.3, 0.4) is 0 Å². The van der Waals surface area contributed by atoms with E-state index in [9.17, 15) is 0 Å². The molecule has 0 spiro atoms. The molecule has 0 bridgehead atoms. The fraction of sp³-hybridized carbons (Fsp3) is 0.0769. The van der Waals surface area contributed by atoms with Gasteiger partial charge in [-0.15, -0.1) is 0 Å². The average molecular weight is 260 g/mol. The number of anilines is 1. The summed E-state index contributed by atoms with van der Waals surface area (Å²) in [6.07, 6.45) is 0. The number of hydrogen-bond donors (Lipinski definition) is 1. The number of pyridine rings is 1. The lowest BCUT2D eigenvalue weighted by atomic mass is 10.2. The van der Waals surface area contributed by atoms with Crippen LogP contribution in [-0.2, 0) is 0 Å². The Balaban J connectivity index is 2.22. The monoisotopic (exact) mass is 259 g/mol. The molecule has 0 saturated carbocycles. The van der Waals surface area contributed by atoms with Gasteiger partial charge in [0, 0.05) is 11.4 Å². The molecule has 2 heterocycles. The highest BCUT2D eigenvalue weighted by molar-refractivity contribution is 6.33. The highest BCUT2D eigenvalue weighted by Gasteiger charge is 2.12. The minimum Gasteiger partial charge on any atom is -0.434 e. The molecule has 3 rings (SSSR count). The fourth-order valence-electron chi connectivity index (χ4n) is 1.74. The van der Waals surface area contributed by atoms with Crippen molar-refractivity contribution < 1.29 is 4.42 Å². The highest BCUT2D eigenvalue weighted by atomic mass is 35.5. The Morgan fingerprint density at radius 2 is 2.00 bits per heavy atom. The zero-order valence-electron chi connectivity index (χ0n) is 9.64. The molecule has 1 aromatic carbocycles. The number of rotatable bonds is 1. The van der Waals surface area contributed by atoms with E-state index < -0.39 is 0 Å². The first-order valence-electron chi connectivity index (χ1n) is 5.43. The van der Waals surface area contributed by atoms with Gasteiger partial charge in [-0.2, -0.15) is 4.98 Å². The number of halogens is 1. The molecule has 0 aliphatic carbocycles. The Bertz CT molecular complexity index is 736. The fourth-order valence-corrected chi connectivity index (χ4v) is 1.93. The van der Waals surface area contributed by atoms with Crippen LogP contribution in [-0.4, -0.2) is 9.97 Å². The Labute approximate surface area is 108 Å². The molecule has 0 amide bonds. The molecule has 18 heavy (non-hydrogen) atoms. The molecule has 4 nitrogen and oxygen atoms in total. The SMILES string of the molecule is Cc1ccc2oc(-c3cc(N)ccc3Cl)nc2n1. The Morgan fingerprint density at radius 1 is 1.17 bits per heavy atom. The van der Waals surface area contributed by atoms with E-state index in [2.05, 4.69) is 9.97 Å². The lowest BCUT2D eigenvalue weighted by Crippen LogP contribution is -1.87. The van der Waals surface area contributed by atoms with Crippen LogP contribution < -0.4 is 5.73 Å². The van der Waals surface area contributed by atoms with Crippen molar-refractivity contribution in [1.82, 2.24) is 9.97 Å². The summed E-state index contributed by atoms with van der Waals surface area (Å²) >= 11 is 6.11. The Hall–Kier alpha value is -2.07. The van der Waals surface area contributed by atoms with E-state index in [4.69, 9.17) is 21.8 Å². The molecular formula is C13H10ClN3O. The van der Waals surface area contributed by atoms with E-state index in [0.29, 0.717) is 33.4 Å². The van der Waals surface area contributed by atoms with Crippen LogP contribution in [0.2, 0.25) is 5.02 Å². The van der Waals surface area contributed by atoms with Crippen molar-refractivity contribution in [2.45, 2.75) is 6.92 Å². The molecule has 5 heteroatoms. The average Bonchev–Trinajstić information content (AvgIpc) is 2.74. The summed E-state index contributed by atoms with van der Waals surface area (Å²) in [5, 5.41) is 0.549. The number of aromatic nitrogens is 2. The number of nitrogens with two attached hydrogens (primary N) is 1. The molecule has 0 atom stereocenters. The molecule has 2 aromatic heterocycles. The maximum Gasteiger partial charge on any atom is 0.230 e. The predicted molar refractivity (Wildman–Crippen MR) is 71.4 cm³/mol. The predicted octanol–water partition coefficient (Wildman–Crippen LogP) is 3.43. The first-order chi connectivity index (χ1) is 8.63. The van der Waals surface area contributed by atoms with E-state index in [1.54, 1.807) is 18.2 Å². The summed E-state index contributed by atoms with van der Waals surface area (Å²) in [7, 11) is 0. The second-order valence-electron chi connectivity index (χ2n) is 4.03. The van der Waals surface area contributed by atoms with E-state index in [-0.39, 0.29) is 0 Å². The van der Waals surface area contributed by atoms with Crippen LogP contribution in [0, 0.1) is 6.92 Å². The van der Waals surface area contributed by atoms with Crippen LogP contribution in [0.15, 0.2) is 34.7 Å². The van der Waals surface area contributed by atoms with Gasteiger partial charge in [0.25, 0.3) is 0 Å². The summed E-state index contributed by atoms with van der Waals surface area (Å²) in [4.78, 5) is 8.62. The third kappa shape index (κ3) is 1.80. The summed E-state index contributed by atoms with van der Waals surface area (Å²) in [5.41, 5.74) is 9.12. The molecule has 0 radical (unpaired) electrons. The van der Waals surface area contributed by atoms with Crippen molar-refractivity contribution in [1.29, 1.82) is 0 Å². The van der Waals surface area contributed by atoms with Gasteiger partial charge in [0.15, 0.2) is 11.2 Å². The summed E-state index contributed by atoms with van der Waals surface area (Å²) < 4.78 is 5.63. The zero-order valence-corrected chi connectivity index (χ0v) is 10.4. The number of benzene rings is 1. The smallest absolute Gasteiger partial charge is 0.230 e. The van der Waals surface area contributed by atoms with Gasteiger partial charge in [-0.25, -0.2) is 4.98 Å². The molecule has 0 unspecified atom stereocenters. The maximum atomic E-state index is 6.11. The van der Waals surface area contributed by atoms with Crippen LogP contribution >= 0.6 is 11.6 Å². The number of hydrogen-bond acceptors (Lipinski definition) is 4. The first kappa shape index (κ1) is 11.0. The van der Waals surface area contributed by atoms with Gasteiger partial charge in [-0.05, 0) is 37.3 Å². The van der Waals surface area contributed by atoms with Crippen molar-refractivity contribution in [3.8, 4) is 11.5 Å². The van der Waals surface area contributed by atoms with Crippen LogP contribution in [0.4, 0.5) is 5.69 Å². The van der Waals surface area contributed by atoms with Crippen LogP contribution in [0.5, 0.6) is 0 Å². The van der Waals surface area contributed by atoms with E-state index in [0.717, 1.165) is 5.69 Å². The number of nitrogen functional groups attached to an aromatic ring is 1. The summed E-state index contributed by atoms with van der Waals surface area (Å²) in [6, 6.07) is 8.91. The minimum atomic E-state index is 0.431. The Kier molecular flexibility index (Phi) is 2.45. The number of aryl methyl sites for hydroxylation is 1. The molecule has 0 saturated heterocycles. The second kappa shape index (κ2) is 3.99. The third-order valence-corrected chi connectivity index (χ3v) is 2.94. The maximum absolute atomic E-state index is 6.11. The van der Waals surface area contributed by atoms with E-state index in [1.807, 2.05) is 19.1 Å². The lowest BCUT2D eigenvalue weighted by molar-refractivity contribution is 0.619.